The molecule has 3 N–H and O–H groups in total. The number of benzene rings is 3. The molecule has 0 fully saturated rings. The molecule has 0 aliphatic rings. The molecule has 2 heteroatoms. The Labute approximate surface area is 130 Å². The average molecular weight is 289 g/mol. The minimum atomic E-state index is 0.00884. The fraction of sp³-hybridized carbons (Fsp3) is 0.100. The van der Waals surface area contributed by atoms with E-state index in [0.29, 0.717) is 6.54 Å². The van der Waals surface area contributed by atoms with Crippen LogP contribution >= 0.6 is 0 Å². The van der Waals surface area contributed by atoms with E-state index >= 15 is 0 Å². The van der Waals surface area contributed by atoms with Crippen molar-refractivity contribution in [3.63, 3.8) is 0 Å². The van der Waals surface area contributed by atoms with E-state index in [4.69, 9.17) is 5.73 Å². The van der Waals surface area contributed by atoms with Gasteiger partial charge in [-0.25, -0.2) is 0 Å². The minimum Gasteiger partial charge on any atom is -0.392 e. The quantitative estimate of drug-likeness (QED) is 0.763. The lowest BCUT2D eigenvalue weighted by Crippen LogP contribution is -2.03. The molecular formula is C20H19NO. The zero-order valence-electron chi connectivity index (χ0n) is 12.4. The highest BCUT2D eigenvalue weighted by atomic mass is 16.3. The SMILES string of the molecule is NCc1ccc(CO)c(-c2ccccc2)c1-c1ccccc1. The maximum absolute atomic E-state index is 9.78. The second-order valence-electron chi connectivity index (χ2n) is 5.23. The Morgan fingerprint density at radius 1 is 0.636 bits per heavy atom. The molecule has 0 atom stereocenters. The third-order valence-electron chi connectivity index (χ3n) is 3.89. The van der Waals surface area contributed by atoms with Crippen LogP contribution in [0.25, 0.3) is 22.3 Å². The van der Waals surface area contributed by atoms with Gasteiger partial charge in [-0.3, -0.25) is 0 Å². The first kappa shape index (κ1) is 14.5. The lowest BCUT2D eigenvalue weighted by atomic mass is 9.87. The smallest absolute Gasteiger partial charge is 0.0688 e. The monoisotopic (exact) mass is 289 g/mol. The van der Waals surface area contributed by atoms with Crippen LogP contribution in [0.2, 0.25) is 0 Å². The van der Waals surface area contributed by atoms with Gasteiger partial charge in [-0.2, -0.15) is 0 Å². The van der Waals surface area contributed by atoms with E-state index < -0.39 is 0 Å². The van der Waals surface area contributed by atoms with Crippen LogP contribution in [0, 0.1) is 0 Å². The lowest BCUT2D eigenvalue weighted by Gasteiger charge is -2.18. The second kappa shape index (κ2) is 6.56. The molecule has 0 radical (unpaired) electrons. The first-order valence-corrected chi connectivity index (χ1v) is 7.41. The number of aliphatic hydroxyl groups excluding tert-OH is 1. The lowest BCUT2D eigenvalue weighted by molar-refractivity contribution is 0.282. The molecule has 3 rings (SSSR count). The Morgan fingerprint density at radius 2 is 1.09 bits per heavy atom. The topological polar surface area (TPSA) is 46.2 Å². The summed E-state index contributed by atoms with van der Waals surface area (Å²) in [6.45, 7) is 0.477. The van der Waals surface area contributed by atoms with Gasteiger partial charge in [0.2, 0.25) is 0 Å². The van der Waals surface area contributed by atoms with E-state index in [1.165, 1.54) is 0 Å². The van der Waals surface area contributed by atoms with E-state index in [0.717, 1.165) is 33.4 Å². The van der Waals surface area contributed by atoms with E-state index in [1.807, 2.05) is 48.5 Å². The molecule has 0 unspecified atom stereocenters. The summed E-state index contributed by atoms with van der Waals surface area (Å²) in [5, 5.41) is 9.78. The summed E-state index contributed by atoms with van der Waals surface area (Å²) >= 11 is 0. The highest BCUT2D eigenvalue weighted by Crippen LogP contribution is 2.37. The molecule has 2 nitrogen and oxygen atoms in total. The molecule has 0 heterocycles. The van der Waals surface area contributed by atoms with Crippen molar-refractivity contribution in [1.82, 2.24) is 0 Å². The summed E-state index contributed by atoms with van der Waals surface area (Å²) < 4.78 is 0. The minimum absolute atomic E-state index is 0.00884. The van der Waals surface area contributed by atoms with E-state index in [1.54, 1.807) is 0 Å². The average Bonchev–Trinajstić information content (AvgIpc) is 2.61. The molecule has 3 aromatic rings. The molecule has 0 aliphatic heterocycles. The normalized spacial score (nSPS) is 10.6. The van der Waals surface area contributed by atoms with Gasteiger partial charge in [0, 0.05) is 6.54 Å². The van der Waals surface area contributed by atoms with Crippen LogP contribution < -0.4 is 5.73 Å². The Hall–Kier alpha value is -2.42. The largest absolute Gasteiger partial charge is 0.392 e. The fourth-order valence-corrected chi connectivity index (χ4v) is 2.86. The van der Waals surface area contributed by atoms with Crippen LogP contribution in [0.3, 0.4) is 0 Å². The summed E-state index contributed by atoms with van der Waals surface area (Å²) in [6.07, 6.45) is 0. The Balaban J connectivity index is 2.35. The van der Waals surface area contributed by atoms with Crippen LogP contribution in [0.4, 0.5) is 0 Å². The van der Waals surface area contributed by atoms with Crippen LogP contribution in [0.1, 0.15) is 11.1 Å². The van der Waals surface area contributed by atoms with Crippen molar-refractivity contribution in [2.24, 2.45) is 5.73 Å². The van der Waals surface area contributed by atoms with Gasteiger partial charge >= 0.3 is 0 Å². The first-order chi connectivity index (χ1) is 10.8. The van der Waals surface area contributed by atoms with Gasteiger partial charge in [0.1, 0.15) is 0 Å². The van der Waals surface area contributed by atoms with Crippen molar-refractivity contribution >= 4 is 0 Å². The number of nitrogens with two attached hydrogens (primary N) is 1. The third kappa shape index (κ3) is 2.67. The molecule has 0 bridgehead atoms. The zero-order chi connectivity index (χ0) is 15.4. The molecule has 0 saturated heterocycles. The van der Waals surface area contributed by atoms with E-state index in [9.17, 15) is 5.11 Å². The van der Waals surface area contributed by atoms with E-state index in [-0.39, 0.29) is 6.61 Å². The molecule has 22 heavy (non-hydrogen) atoms. The van der Waals surface area contributed by atoms with Crippen molar-refractivity contribution < 1.29 is 5.11 Å². The Kier molecular flexibility index (Phi) is 4.33. The van der Waals surface area contributed by atoms with Crippen LogP contribution in [0.15, 0.2) is 72.8 Å². The van der Waals surface area contributed by atoms with E-state index in [2.05, 4.69) is 24.3 Å². The van der Waals surface area contributed by atoms with Gasteiger partial charge in [-0.15, -0.1) is 0 Å². The molecule has 0 saturated carbocycles. The fourth-order valence-electron chi connectivity index (χ4n) is 2.86. The number of hydrogen-bond donors (Lipinski definition) is 2. The predicted octanol–water partition coefficient (Wildman–Crippen LogP) is 3.97. The van der Waals surface area contributed by atoms with Gasteiger partial charge in [0.25, 0.3) is 0 Å². The van der Waals surface area contributed by atoms with Crippen molar-refractivity contribution in [3.05, 3.63) is 83.9 Å². The maximum Gasteiger partial charge on any atom is 0.0688 e. The molecule has 3 aromatic carbocycles. The van der Waals surface area contributed by atoms with Crippen LogP contribution in [0.5, 0.6) is 0 Å². The van der Waals surface area contributed by atoms with Crippen LogP contribution in [-0.2, 0) is 13.2 Å². The predicted molar refractivity (Wildman–Crippen MR) is 91.1 cm³/mol. The number of hydrogen-bond acceptors (Lipinski definition) is 2. The third-order valence-corrected chi connectivity index (χ3v) is 3.89. The molecular weight excluding hydrogens is 270 g/mol. The second-order valence-corrected chi connectivity index (χ2v) is 5.23. The summed E-state index contributed by atoms with van der Waals surface area (Å²) in [4.78, 5) is 0. The van der Waals surface area contributed by atoms with Crippen molar-refractivity contribution in [1.29, 1.82) is 0 Å². The van der Waals surface area contributed by atoms with Crippen LogP contribution in [-0.4, -0.2) is 5.11 Å². The summed E-state index contributed by atoms with van der Waals surface area (Å²) in [7, 11) is 0. The Bertz CT molecular complexity index is 685. The molecule has 0 spiro atoms. The van der Waals surface area contributed by atoms with Gasteiger partial charge in [-0.1, -0.05) is 72.8 Å². The zero-order valence-corrected chi connectivity index (χ0v) is 12.4. The molecule has 0 aromatic heterocycles. The highest BCUT2D eigenvalue weighted by Gasteiger charge is 2.15. The maximum atomic E-state index is 9.78. The van der Waals surface area contributed by atoms with Crippen molar-refractivity contribution in [2.45, 2.75) is 13.2 Å². The first-order valence-electron chi connectivity index (χ1n) is 7.41. The van der Waals surface area contributed by atoms with Gasteiger partial charge in [0.05, 0.1) is 6.61 Å². The number of rotatable bonds is 4. The molecule has 110 valence electrons. The van der Waals surface area contributed by atoms with Crippen molar-refractivity contribution in [2.75, 3.05) is 0 Å². The molecule has 0 amide bonds. The van der Waals surface area contributed by atoms with Crippen molar-refractivity contribution in [3.8, 4) is 22.3 Å². The van der Waals surface area contributed by atoms with Gasteiger partial charge in [0.15, 0.2) is 0 Å². The summed E-state index contributed by atoms with van der Waals surface area (Å²) in [5.74, 6) is 0. The number of aliphatic hydroxyl groups is 1. The summed E-state index contributed by atoms with van der Waals surface area (Å²) in [6, 6.07) is 24.4. The standard InChI is InChI=1S/C20H19NO/c21-13-17-11-12-18(14-22)20(16-9-5-2-6-10-16)19(17)15-7-3-1-4-8-15/h1-12,22H,13-14,21H2. The van der Waals surface area contributed by atoms with Gasteiger partial charge in [-0.05, 0) is 33.4 Å². The molecule has 0 aliphatic carbocycles. The van der Waals surface area contributed by atoms with Gasteiger partial charge < -0.3 is 10.8 Å². The summed E-state index contributed by atoms with van der Waals surface area (Å²) in [5.41, 5.74) is 12.4. The highest BCUT2D eigenvalue weighted by molar-refractivity contribution is 5.87. The Morgan fingerprint density at radius 3 is 1.55 bits per heavy atom.